The van der Waals surface area contributed by atoms with Gasteiger partial charge in [0.25, 0.3) is 0 Å². The van der Waals surface area contributed by atoms with Crippen molar-refractivity contribution in [2.75, 3.05) is 19.6 Å². The summed E-state index contributed by atoms with van der Waals surface area (Å²) in [5.41, 5.74) is 0.302. The van der Waals surface area contributed by atoms with Crippen LogP contribution in [0.3, 0.4) is 0 Å². The van der Waals surface area contributed by atoms with E-state index in [0.29, 0.717) is 19.6 Å². The Morgan fingerprint density at radius 3 is 2.63 bits per heavy atom. The molecule has 5 rings (SSSR count). The molecule has 4 heterocycles. The highest BCUT2D eigenvalue weighted by Crippen LogP contribution is 2.61. The number of carbonyl (C=O) groups is 2. The van der Waals surface area contributed by atoms with Gasteiger partial charge in [-0.1, -0.05) is 5.16 Å². The van der Waals surface area contributed by atoms with Gasteiger partial charge in [0.1, 0.15) is 17.1 Å². The number of urea groups is 1. The summed E-state index contributed by atoms with van der Waals surface area (Å²) in [4.78, 5) is 28.2. The van der Waals surface area contributed by atoms with Gasteiger partial charge in [-0.25, -0.2) is 14.7 Å². The molecule has 164 valence electrons. The Hall–Kier alpha value is -2.29. The number of hydrogen-bond acceptors (Lipinski definition) is 6. The lowest BCUT2D eigenvalue weighted by molar-refractivity contribution is -0.0782. The first kappa shape index (κ1) is 19.7. The van der Waals surface area contributed by atoms with Gasteiger partial charge in [-0.05, 0) is 58.3 Å². The number of rotatable bonds is 2. The molecule has 2 atom stereocenters. The molecule has 1 spiro atoms. The minimum Gasteiger partial charge on any atom is -0.444 e. The van der Waals surface area contributed by atoms with Crippen LogP contribution in [0.25, 0.3) is 0 Å². The number of piperidine rings is 2. The van der Waals surface area contributed by atoms with Crippen molar-refractivity contribution in [3.63, 3.8) is 0 Å². The van der Waals surface area contributed by atoms with Crippen LogP contribution in [-0.2, 0) is 4.74 Å². The van der Waals surface area contributed by atoms with E-state index in [-0.39, 0.29) is 35.5 Å². The van der Waals surface area contributed by atoms with E-state index in [1.807, 2.05) is 26.8 Å². The van der Waals surface area contributed by atoms with Crippen molar-refractivity contribution < 1.29 is 24.1 Å². The Labute approximate surface area is 175 Å². The summed E-state index contributed by atoms with van der Waals surface area (Å²) in [7, 11) is 0. The lowest BCUT2D eigenvalue weighted by Gasteiger charge is -2.35. The molecule has 1 saturated carbocycles. The van der Waals surface area contributed by atoms with Gasteiger partial charge in [0.05, 0.1) is 12.1 Å². The van der Waals surface area contributed by atoms with Crippen LogP contribution >= 0.6 is 0 Å². The molecule has 30 heavy (non-hydrogen) atoms. The molecule has 0 unspecified atom stereocenters. The molecule has 1 aromatic rings. The third-order valence-corrected chi connectivity index (χ3v) is 7.12. The second kappa shape index (κ2) is 6.60. The minimum atomic E-state index is -0.497. The summed E-state index contributed by atoms with van der Waals surface area (Å²) < 4.78 is 11.2. The number of likely N-dealkylation sites (tertiary alicyclic amines) is 1. The van der Waals surface area contributed by atoms with E-state index in [9.17, 15) is 14.8 Å². The molecule has 1 aromatic heterocycles. The van der Waals surface area contributed by atoms with Crippen LogP contribution in [0.5, 0.6) is 0 Å². The van der Waals surface area contributed by atoms with Gasteiger partial charge in [0.2, 0.25) is 0 Å². The zero-order valence-electron chi connectivity index (χ0n) is 17.8. The molecular formula is C21H30N4O5. The van der Waals surface area contributed by atoms with Gasteiger partial charge >= 0.3 is 12.1 Å². The van der Waals surface area contributed by atoms with E-state index in [1.165, 1.54) is 0 Å². The van der Waals surface area contributed by atoms with Crippen LogP contribution < -0.4 is 0 Å². The highest BCUT2D eigenvalue weighted by Gasteiger charge is 2.63. The highest BCUT2D eigenvalue weighted by atomic mass is 16.6. The van der Waals surface area contributed by atoms with Gasteiger partial charge < -0.3 is 19.1 Å². The molecule has 0 radical (unpaired) electrons. The number of nitrogens with zero attached hydrogens (tertiary/aromatic N) is 4. The zero-order chi connectivity index (χ0) is 21.3. The fraction of sp³-hybridized carbons (Fsp3) is 0.762. The number of hydroxylamine groups is 2. The van der Waals surface area contributed by atoms with Crippen LogP contribution in [0.2, 0.25) is 0 Å². The first-order valence-corrected chi connectivity index (χ1v) is 10.9. The smallest absolute Gasteiger partial charge is 0.410 e. The van der Waals surface area contributed by atoms with E-state index >= 15 is 0 Å². The van der Waals surface area contributed by atoms with Crippen molar-refractivity contribution >= 4 is 12.1 Å². The normalized spacial score (nSPS) is 28.4. The molecule has 3 saturated heterocycles. The van der Waals surface area contributed by atoms with Gasteiger partial charge in [-0.3, -0.25) is 5.21 Å². The summed E-state index contributed by atoms with van der Waals surface area (Å²) in [5, 5.41) is 15.5. The predicted molar refractivity (Wildman–Crippen MR) is 105 cm³/mol. The van der Waals surface area contributed by atoms with Crippen molar-refractivity contribution in [2.45, 2.75) is 76.5 Å². The predicted octanol–water partition coefficient (Wildman–Crippen LogP) is 3.51. The summed E-state index contributed by atoms with van der Waals surface area (Å²) in [6.07, 6.45) is 4.21. The van der Waals surface area contributed by atoms with Gasteiger partial charge in [-0.2, -0.15) is 0 Å². The molecule has 9 nitrogen and oxygen atoms in total. The van der Waals surface area contributed by atoms with Crippen LogP contribution in [0.15, 0.2) is 10.6 Å². The average Bonchev–Trinajstić information content (AvgIpc) is 3.19. The molecule has 1 aliphatic carbocycles. The van der Waals surface area contributed by atoms with Crippen molar-refractivity contribution in [3.05, 3.63) is 17.5 Å². The van der Waals surface area contributed by atoms with Crippen LogP contribution in [0, 0.1) is 5.41 Å². The van der Waals surface area contributed by atoms with E-state index < -0.39 is 5.60 Å². The minimum absolute atomic E-state index is 0.0277. The van der Waals surface area contributed by atoms with Crippen molar-refractivity contribution in [3.8, 4) is 0 Å². The Morgan fingerprint density at radius 2 is 2.00 bits per heavy atom. The lowest BCUT2D eigenvalue weighted by atomic mass is 9.84. The zero-order valence-corrected chi connectivity index (χ0v) is 17.8. The Balaban J connectivity index is 1.25. The summed E-state index contributed by atoms with van der Waals surface area (Å²) >= 11 is 0. The molecule has 9 heteroatoms. The van der Waals surface area contributed by atoms with Crippen molar-refractivity contribution in [2.24, 2.45) is 5.41 Å². The maximum Gasteiger partial charge on any atom is 0.410 e. The van der Waals surface area contributed by atoms with Gasteiger partial charge in [0.15, 0.2) is 0 Å². The first-order chi connectivity index (χ1) is 14.2. The standard InChI is InChI=1S/C21H30N4O5/c1-20(2,3)29-19(27)23-8-4-13(5-9-23)16-10-14(22-30-16)15-11-21(6-7-21)17-12-24(15)18(26)25(17)28/h10,13,15,17,28H,4-9,11-12H2,1-3H3/t15-,17+/m0/s1. The summed E-state index contributed by atoms with van der Waals surface area (Å²) in [6.45, 7) is 7.40. The fourth-order valence-corrected chi connectivity index (χ4v) is 5.24. The number of aromatic nitrogens is 1. The Kier molecular flexibility index (Phi) is 4.33. The lowest BCUT2D eigenvalue weighted by Crippen LogP contribution is -2.41. The molecule has 3 amide bonds. The monoisotopic (exact) mass is 418 g/mol. The molecule has 1 N–H and O–H groups in total. The first-order valence-electron chi connectivity index (χ1n) is 10.9. The number of amides is 3. The number of fused-ring (bicyclic) bond motifs is 3. The van der Waals surface area contributed by atoms with E-state index in [0.717, 1.165) is 48.6 Å². The maximum absolute atomic E-state index is 12.5. The highest BCUT2D eigenvalue weighted by molar-refractivity contribution is 5.77. The van der Waals surface area contributed by atoms with Gasteiger partial charge in [-0.15, -0.1) is 0 Å². The second-order valence-electron chi connectivity index (χ2n) is 10.3. The SMILES string of the molecule is CC(C)(C)OC(=O)N1CCC(c2cc([C@@H]3CC4(CC4)[C@H]4CN3C(=O)N4O)no2)CC1. The quantitative estimate of drug-likeness (QED) is 0.738. The largest absolute Gasteiger partial charge is 0.444 e. The maximum atomic E-state index is 12.5. The number of ether oxygens (including phenoxy) is 1. The summed E-state index contributed by atoms with van der Waals surface area (Å²) in [5.74, 6) is 1.01. The molecule has 4 fully saturated rings. The molecule has 2 bridgehead atoms. The number of hydrogen-bond donors (Lipinski definition) is 1. The van der Waals surface area contributed by atoms with Crippen molar-refractivity contribution in [1.82, 2.24) is 20.0 Å². The van der Waals surface area contributed by atoms with E-state index in [2.05, 4.69) is 5.16 Å². The van der Waals surface area contributed by atoms with Crippen LogP contribution in [0.4, 0.5) is 9.59 Å². The number of carbonyl (C=O) groups excluding carboxylic acids is 2. The second-order valence-corrected chi connectivity index (χ2v) is 10.3. The van der Waals surface area contributed by atoms with E-state index in [4.69, 9.17) is 9.26 Å². The fourth-order valence-electron chi connectivity index (χ4n) is 5.24. The van der Waals surface area contributed by atoms with Crippen LogP contribution in [0.1, 0.15) is 76.3 Å². The van der Waals surface area contributed by atoms with Crippen LogP contribution in [-0.4, -0.2) is 68.6 Å². The topological polar surface area (TPSA) is 99.4 Å². The Bertz CT molecular complexity index is 850. The third kappa shape index (κ3) is 3.23. The summed E-state index contributed by atoms with van der Waals surface area (Å²) in [6, 6.07) is 1.41. The molecule has 4 aliphatic rings. The molecule has 3 aliphatic heterocycles. The average molecular weight is 418 g/mol. The van der Waals surface area contributed by atoms with E-state index in [1.54, 1.807) is 9.80 Å². The molecular weight excluding hydrogens is 388 g/mol. The van der Waals surface area contributed by atoms with Gasteiger partial charge in [0, 0.05) is 31.6 Å². The van der Waals surface area contributed by atoms with Crippen molar-refractivity contribution in [1.29, 1.82) is 0 Å². The Morgan fingerprint density at radius 1 is 1.30 bits per heavy atom. The molecule has 0 aromatic carbocycles. The third-order valence-electron chi connectivity index (χ3n) is 7.12.